The van der Waals surface area contributed by atoms with Crippen LogP contribution >= 0.6 is 0 Å². The largest absolute Gasteiger partial charge is 0.436 e. The zero-order valence-corrected chi connectivity index (χ0v) is 13.4. The summed E-state index contributed by atoms with van der Waals surface area (Å²) in [4.78, 5) is 4.50. The van der Waals surface area contributed by atoms with Crippen LogP contribution in [0.15, 0.2) is 47.2 Å². The third-order valence-corrected chi connectivity index (χ3v) is 3.75. The summed E-state index contributed by atoms with van der Waals surface area (Å²) < 4.78 is 37.9. The number of aryl methyl sites for hydroxylation is 1. The van der Waals surface area contributed by atoms with Gasteiger partial charge in [0.15, 0.2) is 5.76 Å². The summed E-state index contributed by atoms with van der Waals surface area (Å²) in [5.74, 6) is 1.34. The van der Waals surface area contributed by atoms with E-state index in [4.69, 9.17) is 4.42 Å². The molecule has 1 aliphatic carbocycles. The number of nitrogens with zero attached hydrogens (tertiary/aromatic N) is 3. The summed E-state index contributed by atoms with van der Waals surface area (Å²) in [6, 6.07) is 6.35. The second kappa shape index (κ2) is 5.84. The van der Waals surface area contributed by atoms with E-state index in [9.17, 15) is 8.78 Å². The minimum atomic E-state index is -3.24. The van der Waals surface area contributed by atoms with Crippen molar-refractivity contribution in [2.24, 2.45) is 0 Å². The molecule has 0 saturated heterocycles. The molecule has 0 bridgehead atoms. The number of halogens is 2. The maximum Gasteiger partial charge on any atom is 0.394 e. The lowest BCUT2D eigenvalue weighted by molar-refractivity contribution is -0.158. The number of rotatable bonds is 4. The molecule has 0 radical (unpaired) electrons. The van der Waals surface area contributed by atoms with Gasteiger partial charge in [0.25, 0.3) is 0 Å². The summed E-state index contributed by atoms with van der Waals surface area (Å²) in [6.45, 7) is 0.699. The SMILES string of the molecule is CC(F)(F)Oc1cccc(-n2cc(-c3nc4c(o3)C=CCC4)cn2)c1. The van der Waals surface area contributed by atoms with Gasteiger partial charge in [0.1, 0.15) is 5.75 Å². The molecule has 0 atom stereocenters. The lowest BCUT2D eigenvalue weighted by Gasteiger charge is -2.13. The normalized spacial score (nSPS) is 13.7. The zero-order valence-electron chi connectivity index (χ0n) is 13.4. The number of allylic oxidation sites excluding steroid dienone is 1. The van der Waals surface area contributed by atoms with E-state index in [1.165, 1.54) is 12.1 Å². The first-order valence-electron chi connectivity index (χ1n) is 7.86. The minimum Gasteiger partial charge on any atom is -0.436 e. The lowest BCUT2D eigenvalue weighted by Crippen LogP contribution is -2.19. The molecule has 25 heavy (non-hydrogen) atoms. The molecule has 2 heterocycles. The van der Waals surface area contributed by atoms with Gasteiger partial charge in [0.2, 0.25) is 5.89 Å². The van der Waals surface area contributed by atoms with Crippen molar-refractivity contribution in [3.8, 4) is 22.9 Å². The molecule has 0 fully saturated rings. The summed E-state index contributed by atoms with van der Waals surface area (Å²) in [5, 5.41) is 4.26. The topological polar surface area (TPSA) is 53.1 Å². The van der Waals surface area contributed by atoms with Crippen LogP contribution < -0.4 is 4.74 Å². The Morgan fingerprint density at radius 1 is 1.32 bits per heavy atom. The van der Waals surface area contributed by atoms with Crippen LogP contribution in [0.4, 0.5) is 8.78 Å². The molecule has 1 aliphatic rings. The van der Waals surface area contributed by atoms with Crippen molar-refractivity contribution in [3.05, 3.63) is 54.2 Å². The molecule has 1 aromatic carbocycles. The number of hydrogen-bond donors (Lipinski definition) is 0. The molecule has 0 N–H and O–H groups in total. The third kappa shape index (κ3) is 3.31. The van der Waals surface area contributed by atoms with Crippen molar-refractivity contribution < 1.29 is 17.9 Å². The number of alkyl halides is 2. The van der Waals surface area contributed by atoms with Crippen LogP contribution in [-0.4, -0.2) is 20.9 Å². The van der Waals surface area contributed by atoms with Gasteiger partial charge in [-0.2, -0.15) is 13.9 Å². The van der Waals surface area contributed by atoms with Crippen LogP contribution in [0.25, 0.3) is 23.2 Å². The van der Waals surface area contributed by atoms with Crippen molar-refractivity contribution in [2.45, 2.75) is 25.9 Å². The first-order valence-corrected chi connectivity index (χ1v) is 7.86. The first kappa shape index (κ1) is 15.6. The molecule has 0 amide bonds. The zero-order chi connectivity index (χ0) is 17.4. The molecule has 2 aromatic heterocycles. The highest BCUT2D eigenvalue weighted by atomic mass is 19.3. The molecule has 0 aliphatic heterocycles. The number of ether oxygens (including phenoxy) is 1. The second-order valence-corrected chi connectivity index (χ2v) is 5.85. The molecule has 0 saturated carbocycles. The highest BCUT2D eigenvalue weighted by Gasteiger charge is 2.23. The fourth-order valence-corrected chi connectivity index (χ4v) is 2.68. The van der Waals surface area contributed by atoms with Gasteiger partial charge in [-0.1, -0.05) is 12.1 Å². The van der Waals surface area contributed by atoms with E-state index in [0.29, 0.717) is 18.5 Å². The van der Waals surface area contributed by atoms with E-state index >= 15 is 0 Å². The van der Waals surface area contributed by atoms with Crippen LogP contribution in [0, 0.1) is 0 Å². The molecule has 5 nitrogen and oxygen atoms in total. The van der Waals surface area contributed by atoms with Crippen molar-refractivity contribution in [2.75, 3.05) is 0 Å². The van der Waals surface area contributed by atoms with Crippen molar-refractivity contribution in [3.63, 3.8) is 0 Å². The Hall–Kier alpha value is -2.96. The van der Waals surface area contributed by atoms with E-state index in [0.717, 1.165) is 29.9 Å². The van der Waals surface area contributed by atoms with Gasteiger partial charge in [-0.05, 0) is 31.1 Å². The van der Waals surface area contributed by atoms with Crippen LogP contribution in [0.3, 0.4) is 0 Å². The molecular formula is C18H15F2N3O2. The average Bonchev–Trinajstić information content (AvgIpc) is 3.20. The van der Waals surface area contributed by atoms with Gasteiger partial charge in [-0.15, -0.1) is 0 Å². The van der Waals surface area contributed by atoms with Crippen molar-refractivity contribution in [1.82, 2.24) is 14.8 Å². The average molecular weight is 343 g/mol. The molecule has 128 valence electrons. The predicted octanol–water partition coefficient (Wildman–Crippen LogP) is 4.48. The molecule has 7 heteroatoms. The van der Waals surface area contributed by atoms with E-state index in [1.807, 2.05) is 6.08 Å². The maximum atomic E-state index is 13.0. The van der Waals surface area contributed by atoms with Gasteiger partial charge in [0, 0.05) is 19.2 Å². The predicted molar refractivity (Wildman–Crippen MR) is 87.7 cm³/mol. The number of oxazole rings is 1. The van der Waals surface area contributed by atoms with E-state index in [1.54, 1.807) is 29.2 Å². The second-order valence-electron chi connectivity index (χ2n) is 5.85. The van der Waals surface area contributed by atoms with Crippen molar-refractivity contribution in [1.29, 1.82) is 0 Å². The Kier molecular flexibility index (Phi) is 3.63. The Morgan fingerprint density at radius 2 is 2.20 bits per heavy atom. The van der Waals surface area contributed by atoms with Gasteiger partial charge >= 0.3 is 6.11 Å². The van der Waals surface area contributed by atoms with Crippen LogP contribution in [0.1, 0.15) is 24.8 Å². The third-order valence-electron chi connectivity index (χ3n) is 3.75. The quantitative estimate of drug-likeness (QED) is 0.701. The standard InChI is InChI=1S/C18H15F2N3O2/c1-18(19,20)25-14-6-4-5-13(9-14)23-11-12(10-21-23)17-22-15-7-2-3-8-16(15)24-17/h3-6,8-11H,2,7H2,1H3. The Morgan fingerprint density at radius 3 is 3.00 bits per heavy atom. The molecule has 3 aromatic rings. The number of benzene rings is 1. The van der Waals surface area contributed by atoms with Crippen molar-refractivity contribution >= 4 is 6.08 Å². The summed E-state index contributed by atoms with van der Waals surface area (Å²) in [5.41, 5.74) is 2.25. The van der Waals surface area contributed by atoms with Crippen LogP contribution in [0.2, 0.25) is 0 Å². The molecule has 0 spiro atoms. The van der Waals surface area contributed by atoms with E-state index in [-0.39, 0.29) is 5.75 Å². The molecule has 4 rings (SSSR count). The Balaban J connectivity index is 1.62. The van der Waals surface area contributed by atoms with E-state index < -0.39 is 6.11 Å². The highest BCUT2D eigenvalue weighted by Crippen LogP contribution is 2.28. The Labute approximate surface area is 142 Å². The van der Waals surface area contributed by atoms with Crippen LogP contribution in [0.5, 0.6) is 5.75 Å². The lowest BCUT2D eigenvalue weighted by atomic mass is 10.1. The van der Waals surface area contributed by atoms with Crippen LogP contribution in [-0.2, 0) is 6.42 Å². The smallest absolute Gasteiger partial charge is 0.394 e. The van der Waals surface area contributed by atoms with Gasteiger partial charge in [0.05, 0.1) is 23.1 Å². The van der Waals surface area contributed by atoms with E-state index in [2.05, 4.69) is 20.9 Å². The summed E-state index contributed by atoms with van der Waals surface area (Å²) >= 11 is 0. The molecule has 0 unspecified atom stereocenters. The number of aromatic nitrogens is 3. The number of fused-ring (bicyclic) bond motifs is 1. The van der Waals surface area contributed by atoms with Gasteiger partial charge < -0.3 is 9.15 Å². The minimum absolute atomic E-state index is 0.0683. The number of hydrogen-bond acceptors (Lipinski definition) is 4. The summed E-state index contributed by atoms with van der Waals surface area (Å²) in [6.07, 6.45) is 5.91. The fraction of sp³-hybridized carbons (Fsp3) is 0.222. The maximum absolute atomic E-state index is 13.0. The van der Waals surface area contributed by atoms with Gasteiger partial charge in [-0.3, -0.25) is 0 Å². The van der Waals surface area contributed by atoms with Gasteiger partial charge in [-0.25, -0.2) is 9.67 Å². The highest BCUT2D eigenvalue weighted by molar-refractivity contribution is 5.57. The fourth-order valence-electron chi connectivity index (χ4n) is 2.68. The monoisotopic (exact) mass is 343 g/mol. The Bertz CT molecular complexity index is 938. The molecular weight excluding hydrogens is 328 g/mol. The first-order chi connectivity index (χ1) is 12.0. The summed E-state index contributed by atoms with van der Waals surface area (Å²) in [7, 11) is 0.